The Morgan fingerprint density at radius 1 is 0.920 bits per heavy atom. The summed E-state index contributed by atoms with van der Waals surface area (Å²) in [6, 6.07) is 0. The molecule has 5 heterocycles. The van der Waals surface area contributed by atoms with Crippen molar-refractivity contribution >= 4 is 35.6 Å². The third kappa shape index (κ3) is 9.35. The van der Waals surface area contributed by atoms with E-state index < -0.39 is 12.1 Å². The Labute approximate surface area is 290 Å². The zero-order valence-electron chi connectivity index (χ0n) is 28.9. The fourth-order valence-corrected chi connectivity index (χ4v) is 6.08. The van der Waals surface area contributed by atoms with Gasteiger partial charge >= 0.3 is 0 Å². The molecule has 2 N–H and O–H groups in total. The second kappa shape index (κ2) is 16.9. The largest absolute Gasteiger partial charge is 0.378 e. The molecule has 16 nitrogen and oxygen atoms in total. The molecule has 0 aliphatic carbocycles. The number of piperazine rings is 1. The van der Waals surface area contributed by atoms with Crippen LogP contribution in [0.1, 0.15) is 31.4 Å². The van der Waals surface area contributed by atoms with E-state index in [1.165, 1.54) is 6.20 Å². The molecule has 3 amide bonds. The molecule has 50 heavy (non-hydrogen) atoms. The van der Waals surface area contributed by atoms with Crippen molar-refractivity contribution in [1.82, 2.24) is 44.5 Å². The molecule has 0 unspecified atom stereocenters. The Morgan fingerprint density at radius 3 is 2.18 bits per heavy atom. The number of nitrogens with two attached hydrogens (primary N) is 1. The van der Waals surface area contributed by atoms with Crippen LogP contribution in [0.25, 0.3) is 11.4 Å². The molecule has 5 rings (SSSR count). The number of aromatic nitrogens is 5. The van der Waals surface area contributed by atoms with Gasteiger partial charge in [0.05, 0.1) is 18.8 Å². The fraction of sp³-hybridized carbons (Fsp3) is 0.625. The van der Waals surface area contributed by atoms with Crippen molar-refractivity contribution in [2.45, 2.75) is 25.7 Å². The standard InChI is InChI=1S/C32H46F2N12O4/c1-41(2)9-4-5-24(47)43-11-6-22(7-12-43)29(49)42(3)10-8-25(48)44-13-15-45(16-14-44)31-38-28(23-21-36-30(35)37-26(23)27(33)34)39-32(40-31)46-17-19-50-20-18-46/h4-5,21-22,27H,6-20H2,1-3H3,(H2,35,36,37)/b5-4+. The van der Waals surface area contributed by atoms with Crippen LogP contribution in [0.3, 0.4) is 0 Å². The number of amides is 3. The van der Waals surface area contributed by atoms with Gasteiger partial charge in [-0.1, -0.05) is 6.08 Å². The molecule has 0 aromatic carbocycles. The SMILES string of the molecule is CN(C)C/C=C/C(=O)N1CCC(C(=O)N(C)CCC(=O)N2CCN(c3nc(-c4cnc(N)nc4C(F)F)nc(N4CCOCC4)n3)CC2)CC1. The van der Waals surface area contributed by atoms with Crippen LogP contribution in [-0.2, 0) is 19.1 Å². The maximum Gasteiger partial charge on any atom is 0.281 e. The highest BCUT2D eigenvalue weighted by molar-refractivity contribution is 5.88. The Bertz CT molecular complexity index is 1520. The zero-order chi connectivity index (χ0) is 35.8. The first-order valence-electron chi connectivity index (χ1n) is 16.9. The van der Waals surface area contributed by atoms with Gasteiger partial charge in [0.1, 0.15) is 5.69 Å². The molecule has 272 valence electrons. The third-order valence-electron chi connectivity index (χ3n) is 9.03. The number of carbonyl (C=O) groups excluding carboxylic acids is 3. The second-order valence-electron chi connectivity index (χ2n) is 12.8. The molecule has 0 radical (unpaired) electrons. The number of nitrogens with zero attached hydrogens (tertiary/aromatic N) is 11. The smallest absolute Gasteiger partial charge is 0.281 e. The minimum atomic E-state index is -2.92. The van der Waals surface area contributed by atoms with Crippen LogP contribution >= 0.6 is 0 Å². The van der Waals surface area contributed by atoms with E-state index in [1.807, 2.05) is 34.9 Å². The second-order valence-corrected chi connectivity index (χ2v) is 12.8. The fourth-order valence-electron chi connectivity index (χ4n) is 6.08. The molecule has 3 saturated heterocycles. The van der Waals surface area contributed by atoms with Gasteiger partial charge in [0.25, 0.3) is 6.43 Å². The molecule has 0 bridgehead atoms. The molecular weight excluding hydrogens is 654 g/mol. The van der Waals surface area contributed by atoms with Gasteiger partial charge in [0, 0.05) is 97.1 Å². The summed E-state index contributed by atoms with van der Waals surface area (Å²) in [6.07, 6.45) is 3.06. The topological polar surface area (TPSA) is 170 Å². The molecule has 0 atom stereocenters. The summed E-state index contributed by atoms with van der Waals surface area (Å²) in [5.74, 6) is 0.0450. The van der Waals surface area contributed by atoms with E-state index in [0.29, 0.717) is 103 Å². The first kappa shape index (κ1) is 36.7. The monoisotopic (exact) mass is 700 g/mol. The van der Waals surface area contributed by atoms with Crippen LogP contribution in [0.5, 0.6) is 0 Å². The minimum Gasteiger partial charge on any atom is -0.378 e. The third-order valence-corrected chi connectivity index (χ3v) is 9.03. The van der Waals surface area contributed by atoms with Gasteiger partial charge in [-0.15, -0.1) is 0 Å². The summed E-state index contributed by atoms with van der Waals surface area (Å²) in [5, 5.41) is 0. The first-order chi connectivity index (χ1) is 24.0. The number of carbonyl (C=O) groups is 3. The highest BCUT2D eigenvalue weighted by Gasteiger charge is 2.30. The lowest BCUT2D eigenvalue weighted by Crippen LogP contribution is -2.50. The van der Waals surface area contributed by atoms with Crippen molar-refractivity contribution in [3.63, 3.8) is 0 Å². The normalized spacial score (nSPS) is 17.7. The molecule has 3 aliphatic rings. The van der Waals surface area contributed by atoms with Gasteiger partial charge in [0.15, 0.2) is 5.82 Å². The molecule has 18 heteroatoms. The average molecular weight is 701 g/mol. The Morgan fingerprint density at radius 2 is 1.56 bits per heavy atom. The summed E-state index contributed by atoms with van der Waals surface area (Å²) < 4.78 is 33.3. The van der Waals surface area contributed by atoms with Crippen molar-refractivity contribution in [2.24, 2.45) is 5.92 Å². The van der Waals surface area contributed by atoms with E-state index in [1.54, 1.807) is 27.8 Å². The van der Waals surface area contributed by atoms with E-state index in [9.17, 15) is 23.2 Å². The number of nitrogen functional groups attached to an aromatic ring is 1. The van der Waals surface area contributed by atoms with Gasteiger partial charge in [-0.25, -0.2) is 18.7 Å². The highest BCUT2D eigenvalue weighted by Crippen LogP contribution is 2.30. The van der Waals surface area contributed by atoms with E-state index in [0.717, 1.165) is 0 Å². The Balaban J connectivity index is 1.15. The summed E-state index contributed by atoms with van der Waals surface area (Å²) in [6.45, 7) is 5.63. The number of piperidine rings is 1. The van der Waals surface area contributed by atoms with E-state index >= 15 is 0 Å². The highest BCUT2D eigenvalue weighted by atomic mass is 19.3. The number of anilines is 3. The number of likely N-dealkylation sites (N-methyl/N-ethyl adjacent to an activating group) is 1. The van der Waals surface area contributed by atoms with Crippen molar-refractivity contribution in [3.8, 4) is 11.4 Å². The van der Waals surface area contributed by atoms with Gasteiger partial charge in [0.2, 0.25) is 35.6 Å². The van der Waals surface area contributed by atoms with Crippen LogP contribution in [0.4, 0.5) is 26.6 Å². The number of likely N-dealkylation sites (tertiary alicyclic amines) is 1. The lowest BCUT2D eigenvalue weighted by atomic mass is 9.95. The van der Waals surface area contributed by atoms with Gasteiger partial charge in [-0.3, -0.25) is 14.4 Å². The number of rotatable bonds is 11. The van der Waals surface area contributed by atoms with Gasteiger partial charge < -0.3 is 39.9 Å². The van der Waals surface area contributed by atoms with Crippen LogP contribution in [0.15, 0.2) is 18.3 Å². The number of morpholine rings is 1. The van der Waals surface area contributed by atoms with E-state index in [2.05, 4.69) is 24.9 Å². The molecular formula is C32H46F2N12O4. The first-order valence-corrected chi connectivity index (χ1v) is 16.9. The number of hydrogen-bond acceptors (Lipinski definition) is 13. The van der Waals surface area contributed by atoms with Crippen LogP contribution in [0.2, 0.25) is 0 Å². The van der Waals surface area contributed by atoms with Crippen molar-refractivity contribution < 1.29 is 27.9 Å². The molecule has 0 spiro atoms. The summed E-state index contributed by atoms with van der Waals surface area (Å²) in [4.78, 5) is 71.0. The van der Waals surface area contributed by atoms with Crippen molar-refractivity contribution in [3.05, 3.63) is 24.0 Å². The maximum absolute atomic E-state index is 13.9. The predicted molar refractivity (Wildman–Crippen MR) is 181 cm³/mol. The molecule has 0 saturated carbocycles. The van der Waals surface area contributed by atoms with Crippen molar-refractivity contribution in [2.75, 3.05) is 115 Å². The minimum absolute atomic E-state index is 0.00659. The van der Waals surface area contributed by atoms with E-state index in [-0.39, 0.29) is 47.4 Å². The molecule has 2 aromatic heterocycles. The van der Waals surface area contributed by atoms with E-state index in [4.69, 9.17) is 10.5 Å². The Kier molecular flexibility index (Phi) is 12.4. The quantitative estimate of drug-likeness (QED) is 0.323. The summed E-state index contributed by atoms with van der Waals surface area (Å²) in [7, 11) is 5.58. The number of hydrogen-bond donors (Lipinski definition) is 1. The lowest BCUT2D eigenvalue weighted by molar-refractivity contribution is -0.139. The predicted octanol–water partition coefficient (Wildman–Crippen LogP) is 0.539. The van der Waals surface area contributed by atoms with Crippen LogP contribution < -0.4 is 15.5 Å². The summed E-state index contributed by atoms with van der Waals surface area (Å²) in [5.41, 5.74) is 4.99. The van der Waals surface area contributed by atoms with Crippen LogP contribution in [-0.4, -0.2) is 162 Å². The van der Waals surface area contributed by atoms with Gasteiger partial charge in [-0.2, -0.15) is 15.0 Å². The van der Waals surface area contributed by atoms with Gasteiger partial charge in [-0.05, 0) is 26.9 Å². The summed E-state index contributed by atoms with van der Waals surface area (Å²) >= 11 is 0. The Hall–Kier alpha value is -4.58. The zero-order valence-corrected chi connectivity index (χ0v) is 28.9. The maximum atomic E-state index is 13.9. The number of alkyl halides is 2. The average Bonchev–Trinajstić information content (AvgIpc) is 3.13. The van der Waals surface area contributed by atoms with Crippen LogP contribution in [0, 0.1) is 5.92 Å². The molecule has 2 aromatic rings. The molecule has 3 fully saturated rings. The van der Waals surface area contributed by atoms with Crippen molar-refractivity contribution in [1.29, 1.82) is 0 Å². The molecule has 3 aliphatic heterocycles. The number of halogens is 2. The number of ether oxygens (including phenoxy) is 1. The lowest BCUT2D eigenvalue weighted by Gasteiger charge is -2.36.